The van der Waals surface area contributed by atoms with E-state index in [4.69, 9.17) is 4.74 Å². The molecule has 0 aromatic carbocycles. The molecule has 0 aromatic rings. The van der Waals surface area contributed by atoms with Crippen molar-refractivity contribution in [3.8, 4) is 0 Å². The number of hydrogen-bond donors (Lipinski definition) is 0. The summed E-state index contributed by atoms with van der Waals surface area (Å²) in [7, 11) is 1.46. The van der Waals surface area contributed by atoms with Crippen molar-refractivity contribution in [2.75, 3.05) is 13.7 Å². The Balaban J connectivity index is 2.03. The summed E-state index contributed by atoms with van der Waals surface area (Å²) in [6.07, 6.45) is 4.83. The second-order valence-electron chi connectivity index (χ2n) is 3.80. The molecule has 3 fully saturated rings. The number of nitrogens with zero attached hydrogens (tertiary/aromatic N) is 1. The fourth-order valence-corrected chi connectivity index (χ4v) is 2.41. The van der Waals surface area contributed by atoms with E-state index in [1.807, 2.05) is 4.90 Å². The molecule has 2 saturated heterocycles. The monoisotopic (exact) mass is 169 g/mol. The van der Waals surface area contributed by atoms with Gasteiger partial charge < -0.3 is 9.64 Å². The summed E-state index contributed by atoms with van der Waals surface area (Å²) in [5.41, 5.74) is 0. The lowest BCUT2D eigenvalue weighted by molar-refractivity contribution is 0.0393. The Kier molecular flexibility index (Phi) is 1.95. The molecular weight excluding hydrogens is 154 g/mol. The van der Waals surface area contributed by atoms with Gasteiger partial charge in [0, 0.05) is 12.6 Å². The van der Waals surface area contributed by atoms with Gasteiger partial charge in [-0.15, -0.1) is 0 Å². The zero-order valence-electron chi connectivity index (χ0n) is 7.45. The summed E-state index contributed by atoms with van der Waals surface area (Å²) < 4.78 is 4.73. The maximum Gasteiger partial charge on any atom is 0.409 e. The molecule has 0 aromatic heterocycles. The van der Waals surface area contributed by atoms with E-state index < -0.39 is 0 Å². The quantitative estimate of drug-likeness (QED) is 0.551. The van der Waals surface area contributed by atoms with Crippen molar-refractivity contribution < 1.29 is 9.53 Å². The normalized spacial score (nSPS) is 33.6. The molecule has 0 radical (unpaired) electrons. The molecule has 3 rings (SSSR count). The summed E-state index contributed by atoms with van der Waals surface area (Å²) in [5.74, 6) is 0.745. The molecule has 0 N–H and O–H groups in total. The smallest absolute Gasteiger partial charge is 0.409 e. The van der Waals surface area contributed by atoms with Gasteiger partial charge in [0.1, 0.15) is 0 Å². The van der Waals surface area contributed by atoms with E-state index in [1.165, 1.54) is 32.8 Å². The highest BCUT2D eigenvalue weighted by atomic mass is 16.5. The van der Waals surface area contributed by atoms with Crippen LogP contribution in [0.4, 0.5) is 4.79 Å². The summed E-state index contributed by atoms with van der Waals surface area (Å²) in [5, 5.41) is 0. The molecule has 3 aliphatic rings. The second-order valence-corrected chi connectivity index (χ2v) is 3.80. The summed E-state index contributed by atoms with van der Waals surface area (Å²) in [4.78, 5) is 13.2. The van der Waals surface area contributed by atoms with Gasteiger partial charge in [-0.1, -0.05) is 0 Å². The lowest BCUT2D eigenvalue weighted by Crippen LogP contribution is -2.50. The molecule has 1 aliphatic carbocycles. The molecule has 3 nitrogen and oxygen atoms in total. The van der Waals surface area contributed by atoms with Crippen LogP contribution in [-0.4, -0.2) is 30.7 Å². The van der Waals surface area contributed by atoms with Gasteiger partial charge in [-0.2, -0.15) is 0 Å². The van der Waals surface area contributed by atoms with Crippen LogP contribution in [0.5, 0.6) is 0 Å². The molecular formula is C9H15NO2. The van der Waals surface area contributed by atoms with E-state index in [0.29, 0.717) is 6.04 Å². The van der Waals surface area contributed by atoms with Crippen LogP contribution in [0.2, 0.25) is 0 Å². The molecule has 68 valence electrons. The van der Waals surface area contributed by atoms with Crippen LogP contribution in [0.25, 0.3) is 0 Å². The van der Waals surface area contributed by atoms with Crippen LogP contribution in [0.15, 0.2) is 0 Å². The number of carbonyl (C=O) groups excluding carboxylic acids is 1. The Hall–Kier alpha value is -0.730. The number of rotatable bonds is 0. The molecule has 0 unspecified atom stereocenters. The number of methoxy groups -OCH3 is 1. The van der Waals surface area contributed by atoms with Crippen molar-refractivity contribution in [3.05, 3.63) is 0 Å². The third-order valence-electron chi connectivity index (χ3n) is 3.12. The summed E-state index contributed by atoms with van der Waals surface area (Å²) >= 11 is 0. The fraction of sp³-hybridized carbons (Fsp3) is 0.889. The Morgan fingerprint density at radius 3 is 2.42 bits per heavy atom. The second kappa shape index (κ2) is 2.96. The minimum absolute atomic E-state index is 0.135. The van der Waals surface area contributed by atoms with Gasteiger partial charge in [0.15, 0.2) is 0 Å². The van der Waals surface area contributed by atoms with Gasteiger partial charge in [-0.05, 0) is 31.6 Å². The highest BCUT2D eigenvalue weighted by molar-refractivity contribution is 5.68. The number of carbonyl (C=O) groups is 1. The molecule has 2 bridgehead atoms. The maximum absolute atomic E-state index is 11.3. The number of fused-ring (bicyclic) bond motifs is 3. The van der Waals surface area contributed by atoms with Crippen molar-refractivity contribution in [1.82, 2.24) is 4.90 Å². The Morgan fingerprint density at radius 2 is 2.00 bits per heavy atom. The first kappa shape index (κ1) is 7.90. The van der Waals surface area contributed by atoms with Gasteiger partial charge in [0.25, 0.3) is 0 Å². The Bertz CT molecular complexity index is 185. The number of amides is 1. The topological polar surface area (TPSA) is 29.5 Å². The first-order chi connectivity index (χ1) is 5.81. The molecule has 2 aliphatic heterocycles. The average Bonchev–Trinajstić information content (AvgIpc) is 2.18. The van der Waals surface area contributed by atoms with Crippen LogP contribution < -0.4 is 0 Å². The van der Waals surface area contributed by atoms with Gasteiger partial charge in [0.05, 0.1) is 7.11 Å². The van der Waals surface area contributed by atoms with E-state index in [-0.39, 0.29) is 6.09 Å². The first-order valence-electron chi connectivity index (χ1n) is 4.66. The lowest BCUT2D eigenvalue weighted by Gasteiger charge is -2.44. The predicted octanol–water partition coefficient (Wildman–Crippen LogP) is 1.63. The average molecular weight is 169 g/mol. The zero-order chi connectivity index (χ0) is 8.55. The molecule has 0 spiro atoms. The van der Waals surface area contributed by atoms with Gasteiger partial charge in [-0.25, -0.2) is 4.79 Å². The van der Waals surface area contributed by atoms with Crippen LogP contribution in [0, 0.1) is 5.92 Å². The molecule has 2 heterocycles. The molecule has 12 heavy (non-hydrogen) atoms. The first-order valence-corrected chi connectivity index (χ1v) is 4.66. The van der Waals surface area contributed by atoms with Crippen molar-refractivity contribution in [1.29, 1.82) is 0 Å². The number of hydrogen-bond acceptors (Lipinski definition) is 2. The van der Waals surface area contributed by atoms with E-state index in [1.54, 1.807) is 0 Å². The molecule has 1 saturated carbocycles. The Morgan fingerprint density at radius 1 is 1.33 bits per heavy atom. The van der Waals surface area contributed by atoms with Crippen LogP contribution >= 0.6 is 0 Å². The van der Waals surface area contributed by atoms with E-state index in [2.05, 4.69) is 0 Å². The SMILES string of the molecule is COC(=O)N1CC2CCC1CC2. The third kappa shape index (κ3) is 1.17. The van der Waals surface area contributed by atoms with Gasteiger partial charge in [-0.3, -0.25) is 0 Å². The van der Waals surface area contributed by atoms with Crippen molar-refractivity contribution >= 4 is 6.09 Å². The van der Waals surface area contributed by atoms with Gasteiger partial charge in [0.2, 0.25) is 0 Å². The minimum atomic E-state index is -0.135. The maximum atomic E-state index is 11.3. The highest BCUT2D eigenvalue weighted by Gasteiger charge is 2.36. The van der Waals surface area contributed by atoms with Gasteiger partial charge >= 0.3 is 6.09 Å². The van der Waals surface area contributed by atoms with Crippen LogP contribution in [0.1, 0.15) is 25.7 Å². The summed E-state index contributed by atoms with van der Waals surface area (Å²) in [6.45, 7) is 0.928. The standard InChI is InChI=1S/C9H15NO2/c1-12-9(11)10-6-7-2-4-8(10)5-3-7/h7-8H,2-6H2,1H3. The van der Waals surface area contributed by atoms with E-state index in [0.717, 1.165) is 12.5 Å². The van der Waals surface area contributed by atoms with Crippen molar-refractivity contribution in [3.63, 3.8) is 0 Å². The Labute approximate surface area is 72.7 Å². The van der Waals surface area contributed by atoms with Crippen molar-refractivity contribution in [2.45, 2.75) is 31.7 Å². The highest BCUT2D eigenvalue weighted by Crippen LogP contribution is 2.34. The predicted molar refractivity (Wildman–Crippen MR) is 44.9 cm³/mol. The van der Waals surface area contributed by atoms with E-state index in [9.17, 15) is 4.79 Å². The van der Waals surface area contributed by atoms with Crippen LogP contribution in [0.3, 0.4) is 0 Å². The molecule has 3 heteroatoms. The van der Waals surface area contributed by atoms with Crippen molar-refractivity contribution in [2.24, 2.45) is 5.92 Å². The largest absolute Gasteiger partial charge is 0.453 e. The van der Waals surface area contributed by atoms with Crippen LogP contribution in [-0.2, 0) is 4.74 Å². The number of ether oxygens (including phenoxy) is 1. The molecule has 0 atom stereocenters. The number of piperidine rings is 2. The fourth-order valence-electron chi connectivity index (χ4n) is 2.41. The zero-order valence-corrected chi connectivity index (χ0v) is 7.45. The summed E-state index contributed by atoms with van der Waals surface area (Å²) in [6, 6.07) is 0.474. The minimum Gasteiger partial charge on any atom is -0.453 e. The van der Waals surface area contributed by atoms with E-state index >= 15 is 0 Å². The molecule has 1 amide bonds. The lowest BCUT2D eigenvalue weighted by atomic mass is 9.80. The third-order valence-corrected chi connectivity index (χ3v) is 3.12.